The number of hydrogen-bond acceptors (Lipinski definition) is 4. The lowest BCUT2D eigenvalue weighted by Gasteiger charge is -2.26. The van der Waals surface area contributed by atoms with Crippen molar-refractivity contribution in [1.29, 1.82) is 0 Å². The molecule has 0 saturated heterocycles. The summed E-state index contributed by atoms with van der Waals surface area (Å²) in [5.74, 6) is -0.366. The van der Waals surface area contributed by atoms with E-state index in [0.717, 1.165) is 30.6 Å². The largest absolute Gasteiger partial charge is 0.494 e. The summed E-state index contributed by atoms with van der Waals surface area (Å²) in [6.45, 7) is 2.47. The standard InChI is InChI=1S/C22H26N2O4S/c1-2-28-18-12-10-17(11-13-18)23-21(25)14-29(27)15-22(26)24-20-9-5-7-16-6-3-4-8-19(16)20/h3-4,6,8,10-13,20H,2,5,7,9,14-15H2,1H3,(H,23,25)(H,24,26)/t20-,29+/m1/s1. The Hall–Kier alpha value is -2.67. The summed E-state index contributed by atoms with van der Waals surface area (Å²) in [7, 11) is -1.57. The number of fused-ring (bicyclic) bond motifs is 1. The van der Waals surface area contributed by atoms with Crippen molar-refractivity contribution in [2.24, 2.45) is 0 Å². The highest BCUT2D eigenvalue weighted by molar-refractivity contribution is 7.86. The molecular weight excluding hydrogens is 388 g/mol. The van der Waals surface area contributed by atoms with Gasteiger partial charge in [0.15, 0.2) is 0 Å². The summed E-state index contributed by atoms with van der Waals surface area (Å²) in [5, 5.41) is 5.66. The van der Waals surface area contributed by atoms with Gasteiger partial charge in [-0.3, -0.25) is 13.8 Å². The fraction of sp³-hybridized carbons (Fsp3) is 0.364. The Balaban J connectivity index is 1.46. The molecule has 2 aromatic rings. The number of aryl methyl sites for hydroxylation is 1. The zero-order chi connectivity index (χ0) is 20.6. The van der Waals surface area contributed by atoms with Crippen molar-refractivity contribution in [3.63, 3.8) is 0 Å². The molecule has 0 unspecified atom stereocenters. The van der Waals surface area contributed by atoms with Gasteiger partial charge in [-0.15, -0.1) is 0 Å². The maximum atomic E-state index is 12.3. The Labute approximate surface area is 173 Å². The number of hydrogen-bond donors (Lipinski definition) is 2. The van der Waals surface area contributed by atoms with Gasteiger partial charge in [-0.1, -0.05) is 24.3 Å². The Bertz CT molecular complexity index is 883. The first-order valence-electron chi connectivity index (χ1n) is 9.80. The van der Waals surface area contributed by atoms with Crippen molar-refractivity contribution in [3.05, 3.63) is 59.7 Å². The van der Waals surface area contributed by atoms with Gasteiger partial charge in [0.05, 0.1) is 12.6 Å². The van der Waals surface area contributed by atoms with Crippen LogP contribution in [0.15, 0.2) is 48.5 Å². The van der Waals surface area contributed by atoms with E-state index in [1.165, 1.54) is 5.56 Å². The highest BCUT2D eigenvalue weighted by atomic mass is 32.2. The number of benzene rings is 2. The number of carbonyl (C=O) groups excluding carboxylic acids is 2. The van der Waals surface area contributed by atoms with Crippen molar-refractivity contribution in [2.45, 2.75) is 32.2 Å². The molecule has 0 aromatic heterocycles. The smallest absolute Gasteiger partial charge is 0.237 e. The Kier molecular flexibility index (Phi) is 7.41. The lowest BCUT2D eigenvalue weighted by atomic mass is 9.88. The minimum atomic E-state index is -1.57. The van der Waals surface area contributed by atoms with Gasteiger partial charge in [-0.25, -0.2) is 0 Å². The zero-order valence-corrected chi connectivity index (χ0v) is 17.3. The van der Waals surface area contributed by atoms with E-state index >= 15 is 0 Å². The average Bonchev–Trinajstić information content (AvgIpc) is 2.69. The molecule has 0 aliphatic heterocycles. The van der Waals surface area contributed by atoms with Gasteiger partial charge in [0.2, 0.25) is 11.8 Å². The van der Waals surface area contributed by atoms with E-state index in [4.69, 9.17) is 4.74 Å². The Morgan fingerprint density at radius 2 is 1.79 bits per heavy atom. The molecule has 2 amide bonds. The number of carbonyl (C=O) groups is 2. The summed E-state index contributed by atoms with van der Waals surface area (Å²) in [4.78, 5) is 24.4. The maximum Gasteiger partial charge on any atom is 0.237 e. The van der Waals surface area contributed by atoms with Crippen LogP contribution in [0, 0.1) is 0 Å². The number of anilines is 1. The predicted molar refractivity (Wildman–Crippen MR) is 114 cm³/mol. The summed E-state index contributed by atoms with van der Waals surface area (Å²) < 4.78 is 17.6. The van der Waals surface area contributed by atoms with Gasteiger partial charge in [0, 0.05) is 16.5 Å². The third kappa shape index (κ3) is 6.15. The van der Waals surface area contributed by atoms with Crippen LogP contribution in [0.2, 0.25) is 0 Å². The van der Waals surface area contributed by atoms with Crippen molar-refractivity contribution >= 4 is 28.3 Å². The fourth-order valence-corrected chi connectivity index (χ4v) is 4.32. The van der Waals surface area contributed by atoms with Crippen LogP contribution in [0.5, 0.6) is 5.75 Å². The predicted octanol–water partition coefficient (Wildman–Crippen LogP) is 2.97. The van der Waals surface area contributed by atoms with Crippen molar-refractivity contribution in [1.82, 2.24) is 5.32 Å². The molecule has 0 spiro atoms. The number of amides is 2. The summed E-state index contributed by atoms with van der Waals surface area (Å²) in [5.41, 5.74) is 2.98. The van der Waals surface area contributed by atoms with Crippen LogP contribution in [0.1, 0.15) is 36.9 Å². The van der Waals surface area contributed by atoms with Crippen molar-refractivity contribution in [3.8, 4) is 5.75 Å². The van der Waals surface area contributed by atoms with Gasteiger partial charge < -0.3 is 15.4 Å². The second-order valence-corrected chi connectivity index (χ2v) is 8.40. The molecule has 2 N–H and O–H groups in total. The first-order valence-corrected chi connectivity index (χ1v) is 11.3. The van der Waals surface area contributed by atoms with E-state index in [2.05, 4.69) is 16.7 Å². The molecule has 154 valence electrons. The Morgan fingerprint density at radius 1 is 1.07 bits per heavy atom. The topological polar surface area (TPSA) is 84.5 Å². The van der Waals surface area contributed by atoms with Crippen LogP contribution in [0.4, 0.5) is 5.69 Å². The SMILES string of the molecule is CCOc1ccc(NC(=O)C[S@](=O)CC(=O)N[C@@H]2CCCc3ccccc32)cc1. The van der Waals surface area contributed by atoms with E-state index in [9.17, 15) is 13.8 Å². The lowest BCUT2D eigenvalue weighted by Crippen LogP contribution is -2.35. The van der Waals surface area contributed by atoms with Gasteiger partial charge in [-0.2, -0.15) is 0 Å². The van der Waals surface area contributed by atoms with Gasteiger partial charge in [0.25, 0.3) is 0 Å². The van der Waals surface area contributed by atoms with E-state index in [1.54, 1.807) is 24.3 Å². The van der Waals surface area contributed by atoms with Crippen LogP contribution in [0.25, 0.3) is 0 Å². The summed E-state index contributed by atoms with van der Waals surface area (Å²) in [6.07, 6.45) is 2.89. The first kappa shape index (κ1) is 21.0. The molecule has 0 radical (unpaired) electrons. The van der Waals surface area contributed by atoms with Crippen LogP contribution in [0.3, 0.4) is 0 Å². The zero-order valence-electron chi connectivity index (χ0n) is 16.5. The summed E-state index contributed by atoms with van der Waals surface area (Å²) >= 11 is 0. The van der Waals surface area contributed by atoms with Gasteiger partial charge in [0.1, 0.15) is 17.3 Å². The third-order valence-corrected chi connectivity index (χ3v) is 5.91. The monoisotopic (exact) mass is 414 g/mol. The molecule has 0 saturated carbocycles. The number of rotatable bonds is 8. The highest BCUT2D eigenvalue weighted by Gasteiger charge is 2.22. The average molecular weight is 415 g/mol. The quantitative estimate of drug-likeness (QED) is 0.696. The second kappa shape index (κ2) is 10.2. The normalized spacial score (nSPS) is 16.4. The number of ether oxygens (including phenoxy) is 1. The second-order valence-electron chi connectivity index (χ2n) is 6.95. The fourth-order valence-electron chi connectivity index (χ4n) is 3.48. The van der Waals surface area contributed by atoms with Crippen molar-refractivity contribution < 1.29 is 18.5 Å². The third-order valence-electron chi connectivity index (χ3n) is 4.74. The molecule has 29 heavy (non-hydrogen) atoms. The van der Waals surface area contributed by atoms with Crippen LogP contribution >= 0.6 is 0 Å². The number of nitrogens with one attached hydrogen (secondary N) is 2. The van der Waals surface area contributed by atoms with Crippen LogP contribution in [-0.2, 0) is 26.8 Å². The molecule has 7 heteroatoms. The minimum Gasteiger partial charge on any atom is -0.494 e. The van der Waals surface area contributed by atoms with Gasteiger partial charge in [-0.05, 0) is 61.6 Å². The highest BCUT2D eigenvalue weighted by Crippen LogP contribution is 2.29. The molecule has 3 rings (SSSR count). The molecule has 2 aromatic carbocycles. The first-order chi connectivity index (χ1) is 14.0. The minimum absolute atomic E-state index is 0.0536. The lowest BCUT2D eigenvalue weighted by molar-refractivity contribution is -0.119. The maximum absolute atomic E-state index is 12.3. The van der Waals surface area contributed by atoms with E-state index in [0.29, 0.717) is 12.3 Å². The van der Waals surface area contributed by atoms with Crippen LogP contribution in [-0.4, -0.2) is 34.1 Å². The molecule has 1 aliphatic carbocycles. The Morgan fingerprint density at radius 3 is 2.55 bits per heavy atom. The van der Waals surface area contributed by atoms with Crippen molar-refractivity contribution in [2.75, 3.05) is 23.4 Å². The molecule has 0 fully saturated rings. The molecule has 0 bridgehead atoms. The van der Waals surface area contributed by atoms with Gasteiger partial charge >= 0.3 is 0 Å². The van der Waals surface area contributed by atoms with E-state index in [1.807, 2.05) is 25.1 Å². The van der Waals surface area contributed by atoms with E-state index < -0.39 is 10.8 Å². The molecular formula is C22H26N2O4S. The van der Waals surface area contributed by atoms with Crippen LogP contribution < -0.4 is 15.4 Å². The van der Waals surface area contributed by atoms with E-state index in [-0.39, 0.29) is 29.4 Å². The molecule has 1 aliphatic rings. The molecule has 6 nitrogen and oxygen atoms in total. The molecule has 0 heterocycles. The molecule has 2 atom stereocenters. The summed E-state index contributed by atoms with van der Waals surface area (Å²) in [6, 6.07) is 15.0.